The van der Waals surface area contributed by atoms with Gasteiger partial charge < -0.3 is 18.9 Å². The number of fused-ring (bicyclic) bond motifs is 2. The lowest BCUT2D eigenvalue weighted by molar-refractivity contribution is -0.374. The van der Waals surface area contributed by atoms with Gasteiger partial charge in [-0.05, 0) is 73.8 Å². The number of nitrogens with one attached hydrogen (secondary N) is 1. The van der Waals surface area contributed by atoms with Crippen LogP contribution >= 0.6 is 0 Å². The molecule has 3 aromatic rings. The average molecular weight is 614 g/mol. The highest BCUT2D eigenvalue weighted by molar-refractivity contribution is 5.97. The van der Waals surface area contributed by atoms with E-state index in [1.165, 1.54) is 33.4 Å². The quantitative estimate of drug-likeness (QED) is 0.189. The first-order chi connectivity index (χ1) is 21.8. The van der Waals surface area contributed by atoms with Gasteiger partial charge in [-0.25, -0.2) is 20.2 Å². The molecule has 1 aliphatic carbocycles. The second kappa shape index (κ2) is 12.3. The van der Waals surface area contributed by atoms with Crippen LogP contribution in [0.15, 0.2) is 24.4 Å². The summed E-state index contributed by atoms with van der Waals surface area (Å²) in [6.45, 7) is 11.3. The fraction of sp³-hybridized carbons (Fsp3) is 0.583. The minimum atomic E-state index is -0.218. The maximum Gasteiger partial charge on any atom is 0.159 e. The summed E-state index contributed by atoms with van der Waals surface area (Å²) < 4.78 is 14.1. The highest BCUT2D eigenvalue weighted by Gasteiger charge is 2.44. The van der Waals surface area contributed by atoms with Crippen molar-refractivity contribution in [3.8, 4) is 23.6 Å². The Kier molecular flexibility index (Phi) is 8.40. The molecule has 0 amide bonds. The molecule has 1 N–H and O–H groups in total. The van der Waals surface area contributed by atoms with E-state index >= 15 is 0 Å². The van der Waals surface area contributed by atoms with Crippen molar-refractivity contribution in [1.29, 1.82) is 0 Å². The van der Waals surface area contributed by atoms with Crippen molar-refractivity contribution in [2.45, 2.75) is 77.8 Å². The molecule has 2 bridgehead atoms. The summed E-state index contributed by atoms with van der Waals surface area (Å²) in [5.74, 6) is 3.34. The smallest absolute Gasteiger partial charge is 0.159 e. The number of hydrogen-bond donors (Lipinski definition) is 1. The van der Waals surface area contributed by atoms with Crippen molar-refractivity contribution in [3.63, 3.8) is 0 Å². The second-order valence-electron chi connectivity index (χ2n) is 14.1. The Hall–Kier alpha value is -2.97. The van der Waals surface area contributed by atoms with E-state index in [1.807, 2.05) is 0 Å². The molecular weight excluding hydrogens is 566 g/mol. The van der Waals surface area contributed by atoms with Gasteiger partial charge in [-0.1, -0.05) is 19.8 Å². The van der Waals surface area contributed by atoms with E-state index in [-0.39, 0.29) is 17.7 Å². The summed E-state index contributed by atoms with van der Waals surface area (Å²) >= 11 is 0. The number of hydrogen-bond acceptors (Lipinski definition) is 8. The normalized spacial score (nSPS) is 24.0. The highest BCUT2D eigenvalue weighted by Crippen LogP contribution is 2.45. The fourth-order valence-corrected chi connectivity index (χ4v) is 7.64. The maximum absolute atomic E-state index is 6.04. The van der Waals surface area contributed by atoms with E-state index in [4.69, 9.17) is 30.7 Å². The molecule has 1 saturated carbocycles. The molecular formula is C36H47N5O4. The van der Waals surface area contributed by atoms with Gasteiger partial charge in [0.25, 0.3) is 0 Å². The summed E-state index contributed by atoms with van der Waals surface area (Å²) in [6, 6.07) is 7.56. The molecule has 240 valence electrons. The van der Waals surface area contributed by atoms with Crippen LogP contribution in [0.4, 0.5) is 5.69 Å². The van der Waals surface area contributed by atoms with Gasteiger partial charge >= 0.3 is 0 Å². The number of aromatic nitrogens is 2. The summed E-state index contributed by atoms with van der Waals surface area (Å²) in [5, 5.41) is 3.47. The summed E-state index contributed by atoms with van der Waals surface area (Å²) in [6.07, 6.45) is 12.7. The van der Waals surface area contributed by atoms with Crippen molar-refractivity contribution in [2.24, 2.45) is 11.3 Å². The predicted octanol–water partition coefficient (Wildman–Crippen LogP) is 5.25. The van der Waals surface area contributed by atoms with Crippen LogP contribution in [0, 0.1) is 23.7 Å². The number of rotatable bonds is 10. The van der Waals surface area contributed by atoms with Crippen LogP contribution in [0.25, 0.3) is 22.2 Å². The van der Waals surface area contributed by atoms with Crippen molar-refractivity contribution in [2.75, 3.05) is 52.0 Å². The van der Waals surface area contributed by atoms with Crippen molar-refractivity contribution < 1.29 is 19.2 Å². The van der Waals surface area contributed by atoms with Crippen LogP contribution < -0.4 is 10.3 Å². The van der Waals surface area contributed by atoms with E-state index < -0.39 is 0 Å². The fourth-order valence-electron chi connectivity index (χ4n) is 7.64. The molecule has 9 nitrogen and oxygen atoms in total. The number of ether oxygens (including phenoxy) is 2. The molecule has 2 aromatic heterocycles. The summed E-state index contributed by atoms with van der Waals surface area (Å²) in [4.78, 5) is 19.4. The molecule has 0 spiro atoms. The van der Waals surface area contributed by atoms with E-state index in [1.54, 1.807) is 13.3 Å². The molecule has 0 radical (unpaired) electrons. The van der Waals surface area contributed by atoms with Gasteiger partial charge in [0.2, 0.25) is 0 Å². The molecule has 0 unspecified atom stereocenters. The minimum absolute atomic E-state index is 0.100. The zero-order chi connectivity index (χ0) is 31.3. The van der Waals surface area contributed by atoms with Gasteiger partial charge in [0.15, 0.2) is 6.23 Å². The van der Waals surface area contributed by atoms with E-state index in [0.717, 1.165) is 81.8 Å². The average Bonchev–Trinajstić information content (AvgIpc) is 3.32. The zero-order valence-electron chi connectivity index (χ0n) is 27.4. The van der Waals surface area contributed by atoms with Crippen LogP contribution in [-0.2, 0) is 38.6 Å². The lowest BCUT2D eigenvalue weighted by atomic mass is 9.77. The van der Waals surface area contributed by atoms with E-state index in [0.29, 0.717) is 18.6 Å². The molecule has 5 aliphatic rings. The number of aryl methyl sites for hydroxylation is 2. The largest absolute Gasteiger partial charge is 0.378 e. The number of methoxy groups -OCH3 is 1. The zero-order valence-corrected chi connectivity index (χ0v) is 27.4. The number of nitrogens with zero attached hydrogens (tertiary/aromatic N) is 4. The number of benzene rings is 1. The van der Waals surface area contributed by atoms with Gasteiger partial charge in [0.1, 0.15) is 0 Å². The Balaban J connectivity index is 1.31. The highest BCUT2D eigenvalue weighted by atomic mass is 17.2. The lowest BCUT2D eigenvalue weighted by Gasteiger charge is -2.51. The Morgan fingerprint density at radius 2 is 1.98 bits per heavy atom. The molecule has 9 heteroatoms. The molecule has 4 aliphatic heterocycles. The third kappa shape index (κ3) is 5.78. The van der Waals surface area contributed by atoms with Crippen LogP contribution in [0.2, 0.25) is 0 Å². The number of pyridine rings is 1. The monoisotopic (exact) mass is 613 g/mol. The first kappa shape index (κ1) is 30.7. The third-order valence-corrected chi connectivity index (χ3v) is 10.3. The summed E-state index contributed by atoms with van der Waals surface area (Å²) in [5.41, 5.74) is 12.4. The van der Waals surface area contributed by atoms with Crippen molar-refractivity contribution >= 4 is 16.6 Å². The molecule has 6 heterocycles. The molecule has 1 aromatic carbocycles. The molecule has 45 heavy (non-hydrogen) atoms. The maximum atomic E-state index is 6.04. The van der Waals surface area contributed by atoms with Crippen molar-refractivity contribution in [3.05, 3.63) is 46.8 Å². The van der Waals surface area contributed by atoms with Gasteiger partial charge in [-0.3, -0.25) is 4.98 Å². The van der Waals surface area contributed by atoms with E-state index in [2.05, 4.69) is 71.8 Å². The SMILES string of the molecule is C#Cc1cnc([C@H](C)OC)c(-c2c(CC(C)(C)COO[C@H]3NN(C)C4CC3C4)c3cc(N4CCOCC4)cc4c3n2CCC4)c1. The van der Waals surface area contributed by atoms with Crippen LogP contribution in [0.1, 0.15) is 68.5 Å². The Morgan fingerprint density at radius 1 is 1.18 bits per heavy atom. The van der Waals surface area contributed by atoms with Crippen LogP contribution in [0.3, 0.4) is 0 Å². The molecule has 4 fully saturated rings. The standard InChI is InChI=1S/C36H47N5O4/c1-7-24-15-30(32(37-21-24)23(2)42-6)34-31(20-36(3,4)22-44-45-35-26-17-27(18-26)39(5)38-35)29-19-28(40-11-13-43-14-12-40)16-25-9-8-10-41(34)33(25)29/h1,15-16,19,21,23,26-27,35,38H,8-14,17-18,20,22H2,2-6H3/t23-,26?,27?,35+/m0/s1. The number of morpholine rings is 1. The molecule has 8 rings (SSSR count). The van der Waals surface area contributed by atoms with Crippen LogP contribution in [-0.4, -0.2) is 73.9 Å². The van der Waals surface area contributed by atoms with Gasteiger partial charge in [0, 0.05) is 74.1 Å². The van der Waals surface area contributed by atoms with Crippen LogP contribution in [0.5, 0.6) is 0 Å². The first-order valence-electron chi connectivity index (χ1n) is 16.5. The Bertz CT molecular complexity index is 1600. The third-order valence-electron chi connectivity index (χ3n) is 10.3. The van der Waals surface area contributed by atoms with Gasteiger partial charge in [-0.15, -0.1) is 6.42 Å². The van der Waals surface area contributed by atoms with Gasteiger partial charge in [0.05, 0.1) is 42.8 Å². The topological polar surface area (TPSA) is 73.2 Å². The number of anilines is 1. The van der Waals surface area contributed by atoms with Gasteiger partial charge in [-0.2, -0.15) is 0 Å². The summed E-state index contributed by atoms with van der Waals surface area (Å²) in [7, 11) is 3.83. The Labute approximate surface area is 267 Å². The number of hydrazine groups is 1. The minimum Gasteiger partial charge on any atom is -0.378 e. The predicted molar refractivity (Wildman–Crippen MR) is 176 cm³/mol. The number of terminal acetylenes is 1. The first-order valence-corrected chi connectivity index (χ1v) is 16.5. The molecule has 3 saturated heterocycles. The second-order valence-corrected chi connectivity index (χ2v) is 14.1. The molecule has 2 atom stereocenters. The van der Waals surface area contributed by atoms with Crippen molar-refractivity contribution in [1.82, 2.24) is 20.0 Å². The van der Waals surface area contributed by atoms with E-state index in [9.17, 15) is 0 Å². The lowest BCUT2D eigenvalue weighted by Crippen LogP contribution is -2.64. The Morgan fingerprint density at radius 3 is 2.71 bits per heavy atom.